The molecule has 1 heterocycles. The number of aromatic nitrogens is 1. The normalized spacial score (nSPS) is 10.3. The fourth-order valence-electron chi connectivity index (χ4n) is 1.47. The monoisotopic (exact) mass is 267 g/mol. The lowest BCUT2D eigenvalue weighted by atomic mass is 10.2. The minimum Gasteiger partial charge on any atom is -0.466 e. The van der Waals surface area contributed by atoms with Gasteiger partial charge in [-0.05, 0) is 18.6 Å². The van der Waals surface area contributed by atoms with Crippen LogP contribution in [0.4, 0.5) is 0 Å². The summed E-state index contributed by atoms with van der Waals surface area (Å²) in [4.78, 5) is 16.5. The van der Waals surface area contributed by atoms with E-state index in [1.165, 1.54) is 12.8 Å². The van der Waals surface area contributed by atoms with Crippen LogP contribution in [0.3, 0.4) is 0 Å². The fraction of sp³-hybridized carbons (Fsp3) is 0.571. The Balaban J connectivity index is 2.00. The van der Waals surface area contributed by atoms with Crippen molar-refractivity contribution in [3.63, 3.8) is 0 Å². The molecule has 4 heteroatoms. The Kier molecular flexibility index (Phi) is 8.30. The van der Waals surface area contributed by atoms with Crippen LogP contribution in [0.25, 0.3) is 0 Å². The highest BCUT2D eigenvalue weighted by atomic mass is 32.2. The van der Waals surface area contributed by atoms with Gasteiger partial charge in [-0.1, -0.05) is 26.2 Å². The van der Waals surface area contributed by atoms with Crippen LogP contribution < -0.4 is 0 Å². The average Bonchev–Trinajstić information content (AvgIpc) is 2.40. The first kappa shape index (κ1) is 15.0. The second-order valence-electron chi connectivity index (χ2n) is 4.07. The van der Waals surface area contributed by atoms with Gasteiger partial charge >= 0.3 is 5.97 Å². The minimum atomic E-state index is -0.0945. The Morgan fingerprint density at radius 3 is 3.00 bits per heavy atom. The van der Waals surface area contributed by atoms with Crippen molar-refractivity contribution in [3.8, 4) is 0 Å². The van der Waals surface area contributed by atoms with Gasteiger partial charge in [-0.2, -0.15) is 0 Å². The molecule has 0 fully saturated rings. The Morgan fingerprint density at radius 2 is 2.28 bits per heavy atom. The van der Waals surface area contributed by atoms with Crippen molar-refractivity contribution >= 4 is 17.7 Å². The molecule has 100 valence electrons. The highest BCUT2D eigenvalue weighted by Gasteiger charge is 2.03. The van der Waals surface area contributed by atoms with Crippen LogP contribution in [0.15, 0.2) is 29.4 Å². The van der Waals surface area contributed by atoms with Gasteiger partial charge in [0.2, 0.25) is 0 Å². The topological polar surface area (TPSA) is 39.2 Å². The van der Waals surface area contributed by atoms with Gasteiger partial charge in [-0.25, -0.2) is 0 Å². The maximum Gasteiger partial charge on any atom is 0.306 e. The van der Waals surface area contributed by atoms with E-state index in [1.54, 1.807) is 24.2 Å². The van der Waals surface area contributed by atoms with Gasteiger partial charge in [0.25, 0.3) is 0 Å². The van der Waals surface area contributed by atoms with E-state index in [0.29, 0.717) is 13.0 Å². The number of carbonyl (C=O) groups excluding carboxylic acids is 1. The summed E-state index contributed by atoms with van der Waals surface area (Å²) in [6.45, 7) is 2.73. The van der Waals surface area contributed by atoms with Gasteiger partial charge in [-0.3, -0.25) is 9.78 Å². The van der Waals surface area contributed by atoms with Crippen LogP contribution in [-0.4, -0.2) is 23.3 Å². The van der Waals surface area contributed by atoms with Crippen molar-refractivity contribution in [2.24, 2.45) is 0 Å². The zero-order valence-electron chi connectivity index (χ0n) is 10.9. The Morgan fingerprint density at radius 1 is 1.39 bits per heavy atom. The standard InChI is InChI=1S/C14H21NO2S/c1-2-3-4-5-10-17-14(16)8-11-18-13-7-6-9-15-12-13/h6-7,9,12H,2-5,8,10-11H2,1H3. The zero-order chi connectivity index (χ0) is 13.1. The van der Waals surface area contributed by atoms with Crippen LogP contribution in [0, 0.1) is 0 Å². The maximum absolute atomic E-state index is 11.4. The quantitative estimate of drug-likeness (QED) is 0.388. The van der Waals surface area contributed by atoms with E-state index >= 15 is 0 Å². The van der Waals surface area contributed by atoms with Crippen molar-refractivity contribution in [3.05, 3.63) is 24.5 Å². The van der Waals surface area contributed by atoms with E-state index < -0.39 is 0 Å². The SMILES string of the molecule is CCCCCCOC(=O)CCSc1cccnc1. The number of unbranched alkanes of at least 4 members (excludes halogenated alkanes) is 3. The van der Waals surface area contributed by atoms with Crippen LogP contribution in [0.2, 0.25) is 0 Å². The third kappa shape index (κ3) is 7.33. The summed E-state index contributed by atoms with van der Waals surface area (Å²) in [5, 5.41) is 0. The summed E-state index contributed by atoms with van der Waals surface area (Å²) in [5.74, 6) is 0.655. The van der Waals surface area contributed by atoms with Crippen molar-refractivity contribution in [2.75, 3.05) is 12.4 Å². The lowest BCUT2D eigenvalue weighted by Crippen LogP contribution is -2.06. The Bertz CT molecular complexity index is 330. The van der Waals surface area contributed by atoms with Gasteiger partial charge in [0.15, 0.2) is 0 Å². The predicted octanol–water partition coefficient (Wildman–Crippen LogP) is 3.69. The second-order valence-corrected chi connectivity index (χ2v) is 5.24. The van der Waals surface area contributed by atoms with Gasteiger partial charge < -0.3 is 4.74 Å². The molecule has 0 radical (unpaired) electrons. The van der Waals surface area contributed by atoms with Gasteiger partial charge in [0.05, 0.1) is 13.0 Å². The van der Waals surface area contributed by atoms with Crippen molar-refractivity contribution in [2.45, 2.75) is 43.9 Å². The molecule has 0 aromatic carbocycles. The van der Waals surface area contributed by atoms with Gasteiger partial charge in [0, 0.05) is 23.0 Å². The second kappa shape index (κ2) is 9.95. The molecule has 0 aliphatic carbocycles. The van der Waals surface area contributed by atoms with Crippen molar-refractivity contribution in [1.29, 1.82) is 0 Å². The molecule has 1 aromatic rings. The number of esters is 1. The first-order valence-corrected chi connectivity index (χ1v) is 7.50. The minimum absolute atomic E-state index is 0.0945. The first-order valence-electron chi connectivity index (χ1n) is 6.51. The molecule has 0 aliphatic heterocycles. The number of ether oxygens (including phenoxy) is 1. The number of nitrogens with zero attached hydrogens (tertiary/aromatic N) is 1. The molecule has 0 unspecified atom stereocenters. The summed E-state index contributed by atoms with van der Waals surface area (Å²) < 4.78 is 5.16. The fourth-order valence-corrected chi connectivity index (χ4v) is 2.29. The van der Waals surface area contributed by atoms with E-state index in [-0.39, 0.29) is 5.97 Å². The van der Waals surface area contributed by atoms with E-state index in [0.717, 1.165) is 23.5 Å². The van der Waals surface area contributed by atoms with E-state index in [1.807, 2.05) is 12.1 Å². The number of pyridine rings is 1. The van der Waals surface area contributed by atoms with E-state index in [2.05, 4.69) is 11.9 Å². The highest BCUT2D eigenvalue weighted by molar-refractivity contribution is 7.99. The number of thioether (sulfide) groups is 1. The molecule has 18 heavy (non-hydrogen) atoms. The van der Waals surface area contributed by atoms with Crippen LogP contribution >= 0.6 is 11.8 Å². The molecule has 0 N–H and O–H groups in total. The molecular formula is C14H21NO2S. The number of rotatable bonds is 9. The molecule has 0 atom stereocenters. The summed E-state index contributed by atoms with van der Waals surface area (Å²) in [5.41, 5.74) is 0. The third-order valence-corrected chi connectivity index (χ3v) is 3.45. The first-order chi connectivity index (χ1) is 8.83. The molecule has 0 spiro atoms. The van der Waals surface area contributed by atoms with Gasteiger partial charge in [-0.15, -0.1) is 11.8 Å². The zero-order valence-corrected chi connectivity index (χ0v) is 11.7. The number of carbonyl (C=O) groups is 1. The van der Waals surface area contributed by atoms with Gasteiger partial charge in [0.1, 0.15) is 0 Å². The maximum atomic E-state index is 11.4. The summed E-state index contributed by atoms with van der Waals surface area (Å²) in [6, 6.07) is 3.89. The molecular weight excluding hydrogens is 246 g/mol. The molecule has 3 nitrogen and oxygen atoms in total. The Hall–Kier alpha value is -1.03. The molecule has 0 amide bonds. The summed E-state index contributed by atoms with van der Waals surface area (Å²) >= 11 is 1.63. The van der Waals surface area contributed by atoms with Crippen LogP contribution in [-0.2, 0) is 9.53 Å². The van der Waals surface area contributed by atoms with Crippen molar-refractivity contribution < 1.29 is 9.53 Å². The Labute approximate surface area is 113 Å². The van der Waals surface area contributed by atoms with Crippen LogP contribution in [0.5, 0.6) is 0 Å². The molecule has 1 rings (SSSR count). The molecule has 1 aromatic heterocycles. The molecule has 0 saturated heterocycles. The molecule has 0 saturated carbocycles. The van der Waals surface area contributed by atoms with Crippen LogP contribution in [0.1, 0.15) is 39.0 Å². The van der Waals surface area contributed by atoms with Crippen molar-refractivity contribution in [1.82, 2.24) is 4.98 Å². The predicted molar refractivity (Wildman–Crippen MR) is 74.7 cm³/mol. The smallest absolute Gasteiger partial charge is 0.306 e. The number of hydrogen-bond acceptors (Lipinski definition) is 4. The lowest BCUT2D eigenvalue weighted by Gasteiger charge is -2.04. The number of hydrogen-bond donors (Lipinski definition) is 0. The molecule has 0 aliphatic rings. The van der Waals surface area contributed by atoms with E-state index in [4.69, 9.17) is 4.74 Å². The lowest BCUT2D eigenvalue weighted by molar-refractivity contribution is -0.143. The third-order valence-electron chi connectivity index (χ3n) is 2.47. The largest absolute Gasteiger partial charge is 0.466 e. The summed E-state index contributed by atoms with van der Waals surface area (Å²) in [7, 11) is 0. The summed E-state index contributed by atoms with van der Waals surface area (Å²) in [6.07, 6.45) is 8.57. The average molecular weight is 267 g/mol. The molecule has 0 bridgehead atoms. The van der Waals surface area contributed by atoms with E-state index in [9.17, 15) is 4.79 Å². The highest BCUT2D eigenvalue weighted by Crippen LogP contribution is 2.16.